The van der Waals surface area contributed by atoms with E-state index in [2.05, 4.69) is 16.0 Å². The second-order valence-electron chi connectivity index (χ2n) is 6.09. The van der Waals surface area contributed by atoms with E-state index in [1.165, 1.54) is 0 Å². The molecule has 1 aromatic carbocycles. The van der Waals surface area contributed by atoms with Crippen LogP contribution < -0.4 is 0 Å². The molecule has 24 heavy (non-hydrogen) atoms. The molecular weight excluding hydrogens is 300 g/mol. The van der Waals surface area contributed by atoms with E-state index in [0.717, 1.165) is 17.8 Å². The van der Waals surface area contributed by atoms with E-state index in [1.54, 1.807) is 17.3 Å². The molecule has 0 saturated carbocycles. The van der Waals surface area contributed by atoms with E-state index in [-0.39, 0.29) is 5.91 Å². The maximum absolute atomic E-state index is 12.6. The zero-order valence-electron chi connectivity index (χ0n) is 13.8. The maximum atomic E-state index is 12.6. The summed E-state index contributed by atoms with van der Waals surface area (Å²) in [4.78, 5) is 22.8. The zero-order valence-corrected chi connectivity index (χ0v) is 13.8. The van der Waals surface area contributed by atoms with Gasteiger partial charge in [-0.1, -0.05) is 37.3 Å². The minimum absolute atomic E-state index is 0.0581. The number of amides is 1. The van der Waals surface area contributed by atoms with Gasteiger partial charge in [0, 0.05) is 31.9 Å². The lowest BCUT2D eigenvalue weighted by molar-refractivity contribution is 0.0691. The summed E-state index contributed by atoms with van der Waals surface area (Å²) in [6, 6.07) is 12.3. The summed E-state index contributed by atoms with van der Waals surface area (Å²) >= 11 is 0. The first-order valence-electron chi connectivity index (χ1n) is 8.25. The molecule has 0 radical (unpaired) electrons. The Morgan fingerprint density at radius 1 is 1.21 bits per heavy atom. The summed E-state index contributed by atoms with van der Waals surface area (Å²) in [5.41, 5.74) is 1.05. The second-order valence-corrected chi connectivity index (χ2v) is 6.09. The van der Waals surface area contributed by atoms with Crippen molar-refractivity contribution in [2.24, 2.45) is 0 Å². The molecule has 0 unspecified atom stereocenters. The molecule has 2 aromatic rings. The summed E-state index contributed by atoms with van der Waals surface area (Å²) in [6.45, 7) is 3.11. The fourth-order valence-electron chi connectivity index (χ4n) is 3.14. The van der Waals surface area contributed by atoms with E-state index >= 15 is 0 Å². The predicted molar refractivity (Wildman–Crippen MR) is 90.3 cm³/mol. The normalized spacial score (nSPS) is 16.4. The average Bonchev–Trinajstić information content (AvgIpc) is 2.68. The van der Waals surface area contributed by atoms with Crippen LogP contribution in [0.4, 0.5) is 0 Å². The van der Waals surface area contributed by atoms with Gasteiger partial charge in [0.15, 0.2) is 0 Å². The number of benzene rings is 1. The Morgan fingerprint density at radius 2 is 1.83 bits per heavy atom. The molecule has 5 nitrogen and oxygen atoms in total. The molecular formula is C19H20N4O. The third-order valence-corrected chi connectivity index (χ3v) is 4.71. The van der Waals surface area contributed by atoms with Crippen molar-refractivity contribution in [1.29, 1.82) is 5.26 Å². The number of carbonyl (C=O) groups is 1. The van der Waals surface area contributed by atoms with Gasteiger partial charge in [0.05, 0.1) is 17.0 Å². The van der Waals surface area contributed by atoms with E-state index < -0.39 is 5.41 Å². The van der Waals surface area contributed by atoms with Gasteiger partial charge in [-0.2, -0.15) is 5.26 Å². The van der Waals surface area contributed by atoms with Gasteiger partial charge < -0.3 is 4.90 Å². The highest BCUT2D eigenvalue weighted by Crippen LogP contribution is 2.35. The number of nitriles is 1. The van der Waals surface area contributed by atoms with Gasteiger partial charge in [-0.25, -0.2) is 9.97 Å². The van der Waals surface area contributed by atoms with Gasteiger partial charge >= 0.3 is 0 Å². The van der Waals surface area contributed by atoms with Gasteiger partial charge in [-0.05, 0) is 18.4 Å². The second kappa shape index (κ2) is 6.79. The number of likely N-dealkylation sites (tertiary alicyclic amines) is 1. The SMILES string of the molecule is CCc1ncc(C(=O)N2CCC(C#N)(c3ccccc3)CC2)cn1. The number of nitrogens with zero attached hydrogens (tertiary/aromatic N) is 4. The molecule has 1 saturated heterocycles. The van der Waals surface area contributed by atoms with Gasteiger partial charge in [0.25, 0.3) is 5.91 Å². The number of piperidine rings is 1. The molecule has 1 aliphatic rings. The number of hydrogen-bond donors (Lipinski definition) is 0. The fourth-order valence-corrected chi connectivity index (χ4v) is 3.14. The summed E-state index contributed by atoms with van der Waals surface area (Å²) < 4.78 is 0. The lowest BCUT2D eigenvalue weighted by atomic mass is 9.74. The van der Waals surface area contributed by atoms with Gasteiger partial charge in [0.2, 0.25) is 0 Å². The highest BCUT2D eigenvalue weighted by Gasteiger charge is 2.37. The number of aryl methyl sites for hydroxylation is 1. The van der Waals surface area contributed by atoms with Gasteiger partial charge in [0.1, 0.15) is 5.82 Å². The average molecular weight is 320 g/mol. The lowest BCUT2D eigenvalue weighted by Crippen LogP contribution is -2.44. The number of aromatic nitrogens is 2. The number of hydrogen-bond acceptors (Lipinski definition) is 4. The van der Waals surface area contributed by atoms with Crippen LogP contribution in [0.3, 0.4) is 0 Å². The number of carbonyl (C=O) groups excluding carboxylic acids is 1. The van der Waals surface area contributed by atoms with Crippen LogP contribution in [0.1, 0.15) is 41.5 Å². The Bertz CT molecular complexity index is 741. The Hall–Kier alpha value is -2.74. The standard InChI is InChI=1S/C19H20N4O/c1-2-17-21-12-15(13-22-17)18(24)23-10-8-19(14-20,9-11-23)16-6-4-3-5-7-16/h3-7,12-13H,2,8-11H2,1H3. The summed E-state index contributed by atoms with van der Waals surface area (Å²) in [6.07, 6.45) is 5.23. The van der Waals surface area contributed by atoms with Crippen LogP contribution in [0.15, 0.2) is 42.7 Å². The zero-order chi connectivity index (χ0) is 17.0. The molecule has 1 aromatic heterocycles. The largest absolute Gasteiger partial charge is 0.338 e. The smallest absolute Gasteiger partial charge is 0.256 e. The van der Waals surface area contributed by atoms with Crippen molar-refractivity contribution in [2.45, 2.75) is 31.6 Å². The Kier molecular flexibility index (Phi) is 4.57. The maximum Gasteiger partial charge on any atom is 0.256 e. The van der Waals surface area contributed by atoms with E-state index in [1.807, 2.05) is 37.3 Å². The Morgan fingerprint density at radius 3 is 2.38 bits per heavy atom. The van der Waals surface area contributed by atoms with Crippen molar-refractivity contribution in [2.75, 3.05) is 13.1 Å². The van der Waals surface area contributed by atoms with Crippen LogP contribution >= 0.6 is 0 Å². The molecule has 1 amide bonds. The summed E-state index contributed by atoms with van der Waals surface area (Å²) in [5, 5.41) is 9.72. The van der Waals surface area contributed by atoms with Crippen molar-refractivity contribution < 1.29 is 4.79 Å². The molecule has 0 aliphatic carbocycles. The molecule has 0 atom stereocenters. The molecule has 1 fully saturated rings. The first-order chi connectivity index (χ1) is 11.7. The van der Waals surface area contributed by atoms with E-state index in [9.17, 15) is 10.1 Å². The molecule has 3 rings (SSSR count). The van der Waals surface area contributed by atoms with Crippen molar-refractivity contribution >= 4 is 5.91 Å². The topological polar surface area (TPSA) is 69.9 Å². The first-order valence-corrected chi connectivity index (χ1v) is 8.25. The minimum atomic E-state index is -0.499. The van der Waals surface area contributed by atoms with Gasteiger partial charge in [-0.15, -0.1) is 0 Å². The van der Waals surface area contributed by atoms with E-state index in [0.29, 0.717) is 31.5 Å². The van der Waals surface area contributed by atoms with Crippen LogP contribution in [0, 0.1) is 11.3 Å². The Labute approximate surface area is 142 Å². The third-order valence-electron chi connectivity index (χ3n) is 4.71. The quantitative estimate of drug-likeness (QED) is 0.872. The highest BCUT2D eigenvalue weighted by atomic mass is 16.2. The molecule has 1 aliphatic heterocycles. The van der Waals surface area contributed by atoms with Gasteiger partial charge in [-0.3, -0.25) is 4.79 Å². The minimum Gasteiger partial charge on any atom is -0.338 e. The fraction of sp³-hybridized carbons (Fsp3) is 0.368. The first kappa shape index (κ1) is 16.1. The summed E-state index contributed by atoms with van der Waals surface area (Å²) in [5.74, 6) is 0.676. The lowest BCUT2D eigenvalue weighted by Gasteiger charge is -2.37. The Balaban J connectivity index is 1.72. The molecule has 122 valence electrons. The predicted octanol–water partition coefficient (Wildman–Crippen LogP) is 2.74. The van der Waals surface area contributed by atoms with Crippen LogP contribution in [0.25, 0.3) is 0 Å². The van der Waals surface area contributed by atoms with E-state index in [4.69, 9.17) is 0 Å². The molecule has 0 N–H and O–H groups in total. The van der Waals surface area contributed by atoms with Crippen LogP contribution in [-0.2, 0) is 11.8 Å². The molecule has 0 bridgehead atoms. The summed E-state index contributed by atoms with van der Waals surface area (Å²) in [7, 11) is 0. The van der Waals surface area contributed by atoms with Crippen molar-refractivity contribution in [3.05, 3.63) is 59.7 Å². The molecule has 0 spiro atoms. The highest BCUT2D eigenvalue weighted by molar-refractivity contribution is 5.93. The van der Waals surface area contributed by atoms with Crippen LogP contribution in [-0.4, -0.2) is 33.9 Å². The van der Waals surface area contributed by atoms with Crippen LogP contribution in [0.5, 0.6) is 0 Å². The van der Waals surface area contributed by atoms with Crippen molar-refractivity contribution in [1.82, 2.24) is 14.9 Å². The number of rotatable bonds is 3. The molecule has 5 heteroatoms. The van der Waals surface area contributed by atoms with Crippen molar-refractivity contribution in [3.63, 3.8) is 0 Å². The third kappa shape index (κ3) is 3.00. The molecule has 2 heterocycles. The van der Waals surface area contributed by atoms with Crippen LogP contribution in [0.2, 0.25) is 0 Å². The monoisotopic (exact) mass is 320 g/mol. The van der Waals surface area contributed by atoms with Crippen molar-refractivity contribution in [3.8, 4) is 6.07 Å².